The smallest absolute Gasteiger partial charge is 0.135 e. The number of thiophene rings is 1. The fourth-order valence-corrected chi connectivity index (χ4v) is 10.8. The van der Waals surface area contributed by atoms with E-state index >= 15 is 0 Å². The number of pyridine rings is 2. The predicted octanol–water partition coefficient (Wildman–Crippen LogP) is 16.5. The molecule has 5 heterocycles. The van der Waals surface area contributed by atoms with Crippen molar-refractivity contribution in [1.82, 2.24) is 14.5 Å². The van der Waals surface area contributed by atoms with Crippen LogP contribution in [0.15, 0.2) is 211 Å². The normalized spacial score (nSPS) is 11.8. The Morgan fingerprint density at radius 2 is 1.08 bits per heavy atom. The van der Waals surface area contributed by atoms with Gasteiger partial charge in [0.25, 0.3) is 0 Å². The molecule has 0 spiro atoms. The fourth-order valence-electron chi connectivity index (χ4n) is 9.75. The summed E-state index contributed by atoms with van der Waals surface area (Å²) >= 11 is 1.82. The summed E-state index contributed by atoms with van der Waals surface area (Å²) in [4.78, 5) is 10.3. The molecule has 0 aliphatic carbocycles. The molecule has 4 nitrogen and oxygen atoms in total. The molecule has 0 radical (unpaired) electrons. The Morgan fingerprint density at radius 3 is 1.89 bits per heavy atom. The van der Waals surface area contributed by atoms with Crippen LogP contribution in [0.25, 0.3) is 126 Å². The van der Waals surface area contributed by atoms with Gasteiger partial charge in [0, 0.05) is 70.3 Å². The third-order valence-corrected chi connectivity index (χ3v) is 14.0. The Kier molecular flexibility index (Phi) is 8.27. The Bertz CT molecular complexity index is 3950. The second-order valence-electron chi connectivity index (χ2n) is 16.5. The molecule has 0 unspecified atom stereocenters. The van der Waals surface area contributed by atoms with Crippen molar-refractivity contribution in [2.75, 3.05) is 0 Å². The van der Waals surface area contributed by atoms with Gasteiger partial charge in [-0.3, -0.25) is 4.98 Å². The number of furan rings is 1. The van der Waals surface area contributed by atoms with Crippen LogP contribution in [-0.2, 0) is 0 Å². The van der Waals surface area contributed by atoms with Crippen LogP contribution in [0.5, 0.6) is 0 Å². The van der Waals surface area contributed by atoms with Gasteiger partial charge in [-0.15, -0.1) is 11.3 Å². The van der Waals surface area contributed by atoms with E-state index in [0.717, 1.165) is 67.0 Å². The van der Waals surface area contributed by atoms with Crippen molar-refractivity contribution in [2.24, 2.45) is 0 Å². The van der Waals surface area contributed by atoms with Gasteiger partial charge in [-0.1, -0.05) is 133 Å². The summed E-state index contributed by atoms with van der Waals surface area (Å²) in [7, 11) is 0. The van der Waals surface area contributed by atoms with Crippen molar-refractivity contribution in [2.45, 2.75) is 6.92 Å². The Hall–Kier alpha value is -8.12. The van der Waals surface area contributed by atoms with E-state index in [9.17, 15) is 0 Å². The molecule has 0 aliphatic heterocycles. The zero-order valence-corrected chi connectivity index (χ0v) is 35.6. The summed E-state index contributed by atoms with van der Waals surface area (Å²) in [5.41, 5.74) is 17.3. The molecule has 0 atom stereocenters. The highest BCUT2D eigenvalue weighted by atomic mass is 32.1. The van der Waals surface area contributed by atoms with Gasteiger partial charge < -0.3 is 8.98 Å². The molecule has 0 bridgehead atoms. The van der Waals surface area contributed by atoms with Crippen LogP contribution >= 0.6 is 11.3 Å². The molecule has 13 aromatic rings. The Morgan fingerprint density at radius 1 is 0.438 bits per heavy atom. The first kappa shape index (κ1) is 36.5. The first-order valence-corrected chi connectivity index (χ1v) is 22.4. The lowest BCUT2D eigenvalue weighted by Gasteiger charge is -2.15. The molecule has 0 N–H and O–H groups in total. The number of fused-ring (bicyclic) bond motifs is 9. The summed E-state index contributed by atoms with van der Waals surface area (Å²) in [5, 5.41) is 7.09. The lowest BCUT2D eigenvalue weighted by molar-refractivity contribution is 0.669. The summed E-state index contributed by atoms with van der Waals surface area (Å²) < 4.78 is 11.0. The van der Waals surface area contributed by atoms with E-state index in [1.165, 1.54) is 64.2 Å². The molecule has 300 valence electrons. The molecule has 64 heavy (non-hydrogen) atoms. The molecule has 13 rings (SSSR count). The third-order valence-electron chi connectivity index (χ3n) is 12.9. The minimum atomic E-state index is 0.898. The van der Waals surface area contributed by atoms with Gasteiger partial charge in [0.15, 0.2) is 0 Å². The number of hydrogen-bond acceptors (Lipinski definition) is 4. The van der Waals surface area contributed by atoms with Crippen molar-refractivity contribution in [3.63, 3.8) is 0 Å². The highest BCUT2D eigenvalue weighted by molar-refractivity contribution is 7.25. The molecule has 0 saturated heterocycles. The van der Waals surface area contributed by atoms with Gasteiger partial charge in [-0.25, -0.2) is 4.98 Å². The first-order valence-electron chi connectivity index (χ1n) is 21.6. The fraction of sp³-hybridized carbons (Fsp3) is 0.0169. The van der Waals surface area contributed by atoms with E-state index in [4.69, 9.17) is 14.4 Å². The third kappa shape index (κ3) is 5.82. The second kappa shape index (κ2) is 14.5. The van der Waals surface area contributed by atoms with Gasteiger partial charge in [-0.2, -0.15) is 0 Å². The predicted molar refractivity (Wildman–Crippen MR) is 268 cm³/mol. The lowest BCUT2D eigenvalue weighted by Crippen LogP contribution is -1.96. The molecule has 5 heteroatoms. The average Bonchev–Trinajstić information content (AvgIpc) is 4.03. The average molecular weight is 836 g/mol. The maximum Gasteiger partial charge on any atom is 0.135 e. The maximum atomic E-state index is 6.19. The van der Waals surface area contributed by atoms with Crippen molar-refractivity contribution in [3.8, 4) is 61.7 Å². The molecular formula is C59H37N3OS. The van der Waals surface area contributed by atoms with Crippen molar-refractivity contribution in [1.29, 1.82) is 0 Å². The van der Waals surface area contributed by atoms with E-state index in [-0.39, 0.29) is 0 Å². The SMILES string of the molecule is Cc1c(-c2ccccc2)cc(-c2ccccc2)nc1-c1ccc(-c2nccc3sc4ccc(-c5ccc6c(c5)c5ccccc5n6-c5ccc6oc7ccccc7c6c5)cc4c23)cc1. The number of benzene rings is 8. The highest BCUT2D eigenvalue weighted by Crippen LogP contribution is 2.43. The Labute approximate surface area is 373 Å². The molecule has 8 aromatic carbocycles. The lowest BCUT2D eigenvalue weighted by atomic mass is 9.94. The van der Waals surface area contributed by atoms with Crippen LogP contribution in [0.3, 0.4) is 0 Å². The van der Waals surface area contributed by atoms with Crippen molar-refractivity contribution in [3.05, 3.63) is 212 Å². The topological polar surface area (TPSA) is 43.9 Å². The first-order chi connectivity index (χ1) is 31.6. The van der Waals surface area contributed by atoms with Crippen LogP contribution in [0.1, 0.15) is 5.56 Å². The molecule has 0 amide bonds. The zero-order valence-electron chi connectivity index (χ0n) is 34.8. The van der Waals surface area contributed by atoms with E-state index < -0.39 is 0 Å². The van der Waals surface area contributed by atoms with Crippen LogP contribution < -0.4 is 0 Å². The minimum absolute atomic E-state index is 0.898. The van der Waals surface area contributed by atoms with E-state index in [1.54, 1.807) is 0 Å². The number of para-hydroxylation sites is 2. The molecule has 5 aromatic heterocycles. The van der Waals surface area contributed by atoms with E-state index in [1.807, 2.05) is 35.7 Å². The van der Waals surface area contributed by atoms with Crippen molar-refractivity contribution >= 4 is 75.3 Å². The van der Waals surface area contributed by atoms with Gasteiger partial charge in [-0.05, 0) is 101 Å². The quantitative estimate of drug-likeness (QED) is 0.168. The Balaban J connectivity index is 0.904. The minimum Gasteiger partial charge on any atom is -0.456 e. The monoisotopic (exact) mass is 835 g/mol. The van der Waals surface area contributed by atoms with Gasteiger partial charge >= 0.3 is 0 Å². The zero-order chi connectivity index (χ0) is 42.3. The highest BCUT2D eigenvalue weighted by Gasteiger charge is 2.19. The number of hydrogen-bond donors (Lipinski definition) is 0. The van der Waals surface area contributed by atoms with Crippen LogP contribution in [-0.4, -0.2) is 14.5 Å². The van der Waals surface area contributed by atoms with Crippen LogP contribution in [0, 0.1) is 6.92 Å². The van der Waals surface area contributed by atoms with Crippen LogP contribution in [0.4, 0.5) is 0 Å². The standard InChI is InChI=1S/C59H37N3OS/c1-36-46(37-12-4-2-5-13-37)35-50(38-14-6-3-7-15-38)61-58(36)39-20-22-40(23-21-39)59-57-49-33-42(25-29-55(49)64-56(57)30-31-60-59)41-24-27-52-47(32-41)44-16-8-10-18-51(44)62(52)43-26-28-54-48(34-43)45-17-9-11-19-53(45)63-54/h2-35H,1H3. The number of aromatic nitrogens is 3. The second-order valence-corrected chi connectivity index (χ2v) is 17.6. The van der Waals surface area contributed by atoms with Gasteiger partial charge in [0.05, 0.1) is 28.1 Å². The molecular weight excluding hydrogens is 799 g/mol. The van der Waals surface area contributed by atoms with E-state index in [0.29, 0.717) is 0 Å². The number of nitrogens with zero attached hydrogens (tertiary/aromatic N) is 3. The summed E-state index contributed by atoms with van der Waals surface area (Å²) in [6.45, 7) is 2.18. The summed E-state index contributed by atoms with van der Waals surface area (Å²) in [6, 6.07) is 71.6. The van der Waals surface area contributed by atoms with Crippen molar-refractivity contribution < 1.29 is 4.42 Å². The summed E-state index contributed by atoms with van der Waals surface area (Å²) in [6.07, 6.45) is 1.94. The van der Waals surface area contributed by atoms with Gasteiger partial charge in [0.1, 0.15) is 11.2 Å². The van der Waals surface area contributed by atoms with Gasteiger partial charge in [0.2, 0.25) is 0 Å². The molecule has 0 fully saturated rings. The van der Waals surface area contributed by atoms with E-state index in [2.05, 4.69) is 193 Å². The van der Waals surface area contributed by atoms with Crippen LogP contribution in [0.2, 0.25) is 0 Å². The maximum absolute atomic E-state index is 6.19. The molecule has 0 saturated carbocycles. The summed E-state index contributed by atoms with van der Waals surface area (Å²) in [5.74, 6) is 0. The molecule has 0 aliphatic rings. The number of rotatable bonds is 6. The largest absolute Gasteiger partial charge is 0.456 e.